The van der Waals surface area contributed by atoms with Gasteiger partial charge in [0, 0.05) is 52.4 Å². The number of piperidine rings is 1. The van der Waals surface area contributed by atoms with Crippen molar-refractivity contribution in [3.05, 3.63) is 35.9 Å². The minimum atomic E-state index is -0.277. The van der Waals surface area contributed by atoms with Crippen LogP contribution in [0.3, 0.4) is 0 Å². The van der Waals surface area contributed by atoms with Gasteiger partial charge in [-0.15, -0.1) is 0 Å². The molecule has 7 nitrogen and oxygen atoms in total. The molecule has 7 heteroatoms. The van der Waals surface area contributed by atoms with Gasteiger partial charge >= 0.3 is 0 Å². The summed E-state index contributed by atoms with van der Waals surface area (Å²) >= 11 is 0. The number of carbonyl (C=O) groups excluding carboxylic acids is 2. The lowest BCUT2D eigenvalue weighted by Crippen LogP contribution is -2.53. The molecule has 0 spiro atoms. The zero-order valence-electron chi connectivity index (χ0n) is 16.8. The number of likely N-dealkylation sites (N-methyl/N-ethyl adjacent to an activating group) is 1. The second kappa shape index (κ2) is 10.0. The number of nitrogens with one attached hydrogen (secondary N) is 1. The van der Waals surface area contributed by atoms with Gasteiger partial charge in [-0.2, -0.15) is 0 Å². The molecule has 0 saturated carbocycles. The van der Waals surface area contributed by atoms with Crippen molar-refractivity contribution < 1.29 is 9.59 Å². The molecule has 2 aliphatic rings. The van der Waals surface area contributed by atoms with Crippen LogP contribution in [0.25, 0.3) is 0 Å². The van der Waals surface area contributed by atoms with Crippen LogP contribution in [0.2, 0.25) is 0 Å². The third-order valence-corrected chi connectivity index (χ3v) is 5.80. The van der Waals surface area contributed by atoms with Gasteiger partial charge in [0.05, 0.1) is 5.92 Å². The van der Waals surface area contributed by atoms with Gasteiger partial charge in [0.1, 0.15) is 6.04 Å². The third kappa shape index (κ3) is 5.10. The highest BCUT2D eigenvalue weighted by Gasteiger charge is 2.36. The van der Waals surface area contributed by atoms with Gasteiger partial charge in [-0.1, -0.05) is 30.3 Å². The summed E-state index contributed by atoms with van der Waals surface area (Å²) in [6, 6.07) is 9.76. The molecule has 2 aliphatic heterocycles. The van der Waals surface area contributed by atoms with Gasteiger partial charge in [-0.25, -0.2) is 0 Å². The predicted octanol–water partition coefficient (Wildman–Crippen LogP) is 0.289. The van der Waals surface area contributed by atoms with Gasteiger partial charge < -0.3 is 20.9 Å². The van der Waals surface area contributed by atoms with Gasteiger partial charge in [-0.3, -0.25) is 14.5 Å². The molecule has 2 amide bonds. The Labute approximate surface area is 167 Å². The third-order valence-electron chi connectivity index (χ3n) is 5.80. The van der Waals surface area contributed by atoms with E-state index in [-0.39, 0.29) is 23.8 Å². The zero-order valence-corrected chi connectivity index (χ0v) is 16.8. The first kappa shape index (κ1) is 20.8. The maximum Gasteiger partial charge on any atom is 0.244 e. The number of nitrogens with zero attached hydrogens (tertiary/aromatic N) is 3. The quantitative estimate of drug-likeness (QED) is 0.733. The lowest BCUT2D eigenvalue weighted by atomic mass is 9.95. The molecule has 2 unspecified atom stereocenters. The Balaban J connectivity index is 1.74. The number of nitrogens with two attached hydrogens (primary N) is 1. The van der Waals surface area contributed by atoms with Crippen molar-refractivity contribution in [2.75, 3.05) is 59.4 Å². The molecule has 0 aromatic heterocycles. The number of rotatable bonds is 6. The predicted molar refractivity (Wildman–Crippen MR) is 110 cm³/mol. The Bertz CT molecular complexity index is 645. The highest BCUT2D eigenvalue weighted by Crippen LogP contribution is 2.27. The average molecular weight is 388 g/mol. The molecule has 1 aromatic carbocycles. The van der Waals surface area contributed by atoms with Crippen molar-refractivity contribution >= 4 is 11.8 Å². The van der Waals surface area contributed by atoms with Crippen molar-refractivity contribution in [1.29, 1.82) is 0 Å². The van der Waals surface area contributed by atoms with Crippen molar-refractivity contribution in [1.82, 2.24) is 20.0 Å². The van der Waals surface area contributed by atoms with Crippen molar-refractivity contribution in [3.63, 3.8) is 0 Å². The Morgan fingerprint density at radius 1 is 1.14 bits per heavy atom. The average Bonchev–Trinajstić information content (AvgIpc) is 2.74. The monoisotopic (exact) mass is 387 g/mol. The van der Waals surface area contributed by atoms with E-state index in [9.17, 15) is 9.59 Å². The molecule has 3 N–H and O–H groups in total. The van der Waals surface area contributed by atoms with E-state index in [1.165, 1.54) is 0 Å². The van der Waals surface area contributed by atoms with E-state index < -0.39 is 0 Å². The van der Waals surface area contributed by atoms with Crippen LogP contribution in [-0.4, -0.2) is 85.9 Å². The van der Waals surface area contributed by atoms with Crippen LogP contribution in [0.4, 0.5) is 0 Å². The van der Waals surface area contributed by atoms with E-state index in [1.807, 2.05) is 35.2 Å². The summed E-state index contributed by atoms with van der Waals surface area (Å²) in [6.45, 7) is 5.79. The minimum absolute atomic E-state index is 0.0128. The van der Waals surface area contributed by atoms with Gasteiger partial charge in [-0.05, 0) is 25.5 Å². The van der Waals surface area contributed by atoms with E-state index >= 15 is 0 Å². The number of likely N-dealkylation sites (tertiary alicyclic amines) is 1. The summed E-state index contributed by atoms with van der Waals surface area (Å²) in [6.07, 6.45) is 1.68. The molecule has 1 aromatic rings. The zero-order chi connectivity index (χ0) is 19.9. The van der Waals surface area contributed by atoms with E-state index in [2.05, 4.69) is 22.2 Å². The molecule has 2 atom stereocenters. The first-order valence-electron chi connectivity index (χ1n) is 10.3. The van der Waals surface area contributed by atoms with E-state index in [0.717, 1.165) is 51.1 Å². The Morgan fingerprint density at radius 3 is 2.54 bits per heavy atom. The summed E-state index contributed by atoms with van der Waals surface area (Å²) in [4.78, 5) is 32.4. The summed E-state index contributed by atoms with van der Waals surface area (Å²) in [5.74, 6) is -0.0148. The summed E-state index contributed by atoms with van der Waals surface area (Å²) in [5.41, 5.74) is 6.52. The van der Waals surface area contributed by atoms with E-state index in [4.69, 9.17) is 5.73 Å². The van der Waals surface area contributed by atoms with Crippen LogP contribution < -0.4 is 11.1 Å². The van der Waals surface area contributed by atoms with Crippen molar-refractivity contribution in [2.24, 2.45) is 11.7 Å². The lowest BCUT2D eigenvalue weighted by Gasteiger charge is -2.41. The Kier molecular flexibility index (Phi) is 7.42. The number of hydrogen-bond acceptors (Lipinski definition) is 5. The normalized spacial score (nSPS) is 22.6. The molecule has 0 bridgehead atoms. The van der Waals surface area contributed by atoms with Crippen molar-refractivity contribution in [3.8, 4) is 0 Å². The summed E-state index contributed by atoms with van der Waals surface area (Å²) < 4.78 is 0. The van der Waals surface area contributed by atoms with Gasteiger partial charge in [0.2, 0.25) is 11.8 Å². The van der Waals surface area contributed by atoms with Crippen LogP contribution in [0, 0.1) is 5.92 Å². The fourth-order valence-electron chi connectivity index (χ4n) is 4.13. The maximum atomic E-state index is 13.6. The van der Waals surface area contributed by atoms with E-state index in [1.54, 1.807) is 0 Å². The standard InChI is InChI=1S/C21H33N5O2/c1-24-12-14-25(15-13-24)19(17-6-3-2-4-7-17)21(28)26-11-5-8-18(16-26)20(27)23-10-9-22/h2-4,6-7,18-19H,5,8-16,22H2,1H3,(H,23,27). The molecule has 2 saturated heterocycles. The number of hydrogen-bond donors (Lipinski definition) is 2. The van der Waals surface area contributed by atoms with Crippen molar-refractivity contribution in [2.45, 2.75) is 18.9 Å². The van der Waals surface area contributed by atoms with Crippen LogP contribution in [0.15, 0.2) is 30.3 Å². The number of amides is 2. The first-order chi connectivity index (χ1) is 13.6. The Morgan fingerprint density at radius 2 is 1.86 bits per heavy atom. The maximum absolute atomic E-state index is 13.6. The molecule has 0 radical (unpaired) electrons. The highest BCUT2D eigenvalue weighted by molar-refractivity contribution is 5.85. The second-order valence-corrected chi connectivity index (χ2v) is 7.86. The fourth-order valence-corrected chi connectivity index (χ4v) is 4.13. The van der Waals surface area contributed by atoms with Crippen LogP contribution in [0.5, 0.6) is 0 Å². The highest BCUT2D eigenvalue weighted by atomic mass is 16.2. The van der Waals surface area contributed by atoms with Crippen LogP contribution in [-0.2, 0) is 9.59 Å². The molecule has 3 rings (SSSR count). The Hall–Kier alpha value is -1.96. The SMILES string of the molecule is CN1CCN(C(C(=O)N2CCCC(C(=O)NCCN)C2)c2ccccc2)CC1. The van der Waals surface area contributed by atoms with Crippen LogP contribution in [0.1, 0.15) is 24.4 Å². The molecule has 28 heavy (non-hydrogen) atoms. The van der Waals surface area contributed by atoms with Gasteiger partial charge in [0.25, 0.3) is 0 Å². The smallest absolute Gasteiger partial charge is 0.244 e. The lowest BCUT2D eigenvalue weighted by molar-refractivity contribution is -0.141. The number of carbonyl (C=O) groups is 2. The molecular weight excluding hydrogens is 354 g/mol. The second-order valence-electron chi connectivity index (χ2n) is 7.86. The van der Waals surface area contributed by atoms with Crippen LogP contribution >= 0.6 is 0 Å². The molecular formula is C21H33N5O2. The first-order valence-corrected chi connectivity index (χ1v) is 10.3. The largest absolute Gasteiger partial charge is 0.355 e. The van der Waals surface area contributed by atoms with Gasteiger partial charge in [0.15, 0.2) is 0 Å². The fraction of sp³-hybridized carbons (Fsp3) is 0.619. The summed E-state index contributed by atoms with van der Waals surface area (Å²) in [7, 11) is 2.12. The summed E-state index contributed by atoms with van der Waals surface area (Å²) in [5, 5.41) is 2.87. The number of piperazine rings is 1. The molecule has 154 valence electrons. The minimum Gasteiger partial charge on any atom is -0.355 e. The van der Waals surface area contributed by atoms with E-state index in [0.29, 0.717) is 19.6 Å². The molecule has 2 fully saturated rings. The number of benzene rings is 1. The topological polar surface area (TPSA) is 81.9 Å². The molecule has 2 heterocycles. The molecule has 0 aliphatic carbocycles.